The maximum atomic E-state index is 13.4. The number of ketones is 1. The standard InChI is InChI=1S/C28H37BN2O6S/c1-17(2)14-22(29-36-16-18(3)38-20(5)28(35)37-29)15-25(33)26(19(4)32)31-27(34)24-13-9-12-23(30-24)21-10-7-6-8-11-21/h6-13,17-20,22,26,32H,14-16H2,1-5H3,(H,31,34)/t18-,19-,20+,22-,26+/m1/s1. The van der Waals surface area contributed by atoms with E-state index in [0.717, 1.165) is 5.56 Å². The molecule has 5 atom stereocenters. The average molecular weight is 540 g/mol. The minimum absolute atomic E-state index is 0.0284. The molecular weight excluding hydrogens is 503 g/mol. The van der Waals surface area contributed by atoms with Crippen molar-refractivity contribution in [3.8, 4) is 11.3 Å². The highest BCUT2D eigenvalue weighted by Gasteiger charge is 2.41. The van der Waals surface area contributed by atoms with E-state index in [1.54, 1.807) is 25.1 Å². The molecule has 1 saturated heterocycles. The number of aliphatic hydroxyl groups is 1. The topological polar surface area (TPSA) is 115 Å². The van der Waals surface area contributed by atoms with Gasteiger partial charge in [-0.3, -0.25) is 14.4 Å². The van der Waals surface area contributed by atoms with Gasteiger partial charge < -0.3 is 19.7 Å². The molecule has 0 saturated carbocycles. The Morgan fingerprint density at radius 3 is 2.50 bits per heavy atom. The van der Waals surface area contributed by atoms with Crippen molar-refractivity contribution in [2.24, 2.45) is 5.92 Å². The summed E-state index contributed by atoms with van der Waals surface area (Å²) in [5.74, 6) is -1.52. The third kappa shape index (κ3) is 8.41. The number of carbonyl (C=O) groups is 3. The molecule has 204 valence electrons. The van der Waals surface area contributed by atoms with Gasteiger partial charge >= 0.3 is 13.1 Å². The van der Waals surface area contributed by atoms with Crippen LogP contribution in [0, 0.1) is 5.92 Å². The zero-order valence-electron chi connectivity index (χ0n) is 22.6. The number of amides is 1. The van der Waals surface area contributed by atoms with Gasteiger partial charge in [0, 0.05) is 29.7 Å². The van der Waals surface area contributed by atoms with Crippen LogP contribution in [0.1, 0.15) is 57.9 Å². The summed E-state index contributed by atoms with van der Waals surface area (Å²) < 4.78 is 11.6. The predicted molar refractivity (Wildman–Crippen MR) is 150 cm³/mol. The van der Waals surface area contributed by atoms with E-state index < -0.39 is 31.0 Å². The van der Waals surface area contributed by atoms with Gasteiger partial charge in [0.25, 0.3) is 5.91 Å². The lowest BCUT2D eigenvalue weighted by atomic mass is 9.64. The molecule has 0 spiro atoms. The van der Waals surface area contributed by atoms with E-state index >= 15 is 0 Å². The summed E-state index contributed by atoms with van der Waals surface area (Å²) >= 11 is 1.49. The van der Waals surface area contributed by atoms with Crippen molar-refractivity contribution < 1.29 is 28.8 Å². The molecule has 0 aliphatic carbocycles. The normalized spacial score (nSPS) is 20.6. The van der Waals surface area contributed by atoms with Crippen molar-refractivity contribution in [2.75, 3.05) is 6.61 Å². The number of nitrogens with one attached hydrogen (secondary N) is 1. The Hall–Kier alpha value is -2.69. The van der Waals surface area contributed by atoms with E-state index in [-0.39, 0.29) is 40.3 Å². The summed E-state index contributed by atoms with van der Waals surface area (Å²) in [5, 5.41) is 12.9. The quantitative estimate of drug-likeness (QED) is 0.432. The number of nitrogens with zero attached hydrogens (tertiary/aromatic N) is 1. The molecule has 3 rings (SSSR count). The molecule has 1 aromatic heterocycles. The second kappa shape index (κ2) is 13.9. The van der Waals surface area contributed by atoms with Crippen LogP contribution in [-0.4, -0.2) is 64.1 Å². The van der Waals surface area contributed by atoms with Crippen LogP contribution >= 0.6 is 11.8 Å². The van der Waals surface area contributed by atoms with Crippen molar-refractivity contribution in [3.63, 3.8) is 0 Å². The van der Waals surface area contributed by atoms with Crippen LogP contribution in [0.15, 0.2) is 48.5 Å². The Balaban J connectivity index is 1.76. The van der Waals surface area contributed by atoms with Gasteiger partial charge in [-0.1, -0.05) is 57.2 Å². The van der Waals surface area contributed by atoms with E-state index in [1.165, 1.54) is 18.7 Å². The van der Waals surface area contributed by atoms with Crippen LogP contribution in [0.25, 0.3) is 11.3 Å². The summed E-state index contributed by atoms with van der Waals surface area (Å²) in [6.45, 7) is 9.66. The maximum Gasteiger partial charge on any atom is 0.531 e. The highest BCUT2D eigenvalue weighted by Crippen LogP contribution is 2.31. The number of hydrogen-bond donors (Lipinski definition) is 2. The lowest BCUT2D eigenvalue weighted by Crippen LogP contribution is -2.49. The van der Waals surface area contributed by atoms with E-state index in [4.69, 9.17) is 9.31 Å². The van der Waals surface area contributed by atoms with Gasteiger partial charge in [0.1, 0.15) is 11.7 Å². The fraction of sp³-hybridized carbons (Fsp3) is 0.500. The van der Waals surface area contributed by atoms with Crippen molar-refractivity contribution in [2.45, 2.75) is 75.9 Å². The maximum absolute atomic E-state index is 13.4. The molecular formula is C28H37BN2O6S. The monoisotopic (exact) mass is 540 g/mol. The first-order valence-electron chi connectivity index (χ1n) is 13.1. The third-order valence-electron chi connectivity index (χ3n) is 6.29. The first kappa shape index (κ1) is 29.9. The minimum Gasteiger partial charge on any atom is -0.508 e. The van der Waals surface area contributed by atoms with Crippen LogP contribution in [0.4, 0.5) is 0 Å². The Morgan fingerprint density at radius 1 is 1.13 bits per heavy atom. The van der Waals surface area contributed by atoms with Crippen molar-refractivity contribution in [1.29, 1.82) is 0 Å². The second-order valence-corrected chi connectivity index (χ2v) is 12.0. The number of rotatable bonds is 10. The smallest absolute Gasteiger partial charge is 0.508 e. The molecule has 1 aliphatic heterocycles. The summed E-state index contributed by atoms with van der Waals surface area (Å²) in [7, 11) is -0.880. The minimum atomic E-state index is -1.16. The fourth-order valence-electron chi connectivity index (χ4n) is 4.45. The zero-order valence-corrected chi connectivity index (χ0v) is 23.4. The van der Waals surface area contributed by atoms with Gasteiger partial charge in [-0.25, -0.2) is 4.98 Å². The Labute approximate surface area is 229 Å². The average Bonchev–Trinajstić information content (AvgIpc) is 2.88. The molecule has 1 aromatic carbocycles. The number of benzene rings is 1. The highest BCUT2D eigenvalue weighted by molar-refractivity contribution is 8.01. The van der Waals surface area contributed by atoms with Crippen molar-refractivity contribution in [1.82, 2.24) is 10.3 Å². The van der Waals surface area contributed by atoms with Crippen molar-refractivity contribution >= 4 is 36.5 Å². The van der Waals surface area contributed by atoms with E-state index in [2.05, 4.69) is 10.3 Å². The Kier molecular flexibility index (Phi) is 10.9. The zero-order chi connectivity index (χ0) is 27.8. The van der Waals surface area contributed by atoms with Gasteiger partial charge in [-0.2, -0.15) is 0 Å². The second-order valence-electron chi connectivity index (χ2n) is 10.3. The van der Waals surface area contributed by atoms with Crippen LogP contribution in [0.2, 0.25) is 5.82 Å². The molecule has 38 heavy (non-hydrogen) atoms. The number of aromatic nitrogens is 1. The van der Waals surface area contributed by atoms with Gasteiger partial charge in [-0.05, 0) is 38.3 Å². The molecule has 1 fully saturated rings. The summed E-state index contributed by atoms with van der Waals surface area (Å²) in [5.41, 5.74) is 1.62. The van der Waals surface area contributed by atoms with E-state index in [9.17, 15) is 19.5 Å². The van der Waals surface area contributed by atoms with Crippen LogP contribution in [0.5, 0.6) is 0 Å². The first-order chi connectivity index (χ1) is 18.0. The summed E-state index contributed by atoms with van der Waals surface area (Å²) in [6, 6.07) is 13.4. The van der Waals surface area contributed by atoms with Crippen LogP contribution in [-0.2, 0) is 18.9 Å². The van der Waals surface area contributed by atoms with Gasteiger partial charge in [0.2, 0.25) is 0 Å². The Morgan fingerprint density at radius 2 is 1.84 bits per heavy atom. The lowest BCUT2D eigenvalue weighted by Gasteiger charge is -2.30. The molecule has 1 amide bonds. The SMILES string of the molecule is CC(C)C[C@H](CC(=O)[C@@H](NC(=O)c1cccc(-c2ccccc2)n1)[C@@H](C)O)B1OC[C@@H](C)S[C@@H](C)C(=O)O1. The lowest BCUT2D eigenvalue weighted by molar-refractivity contribution is -0.135. The highest BCUT2D eigenvalue weighted by atomic mass is 32.2. The summed E-state index contributed by atoms with van der Waals surface area (Å²) in [6.07, 6.45) is -0.596. The number of thioether (sulfide) groups is 1. The van der Waals surface area contributed by atoms with Gasteiger partial charge in [0.15, 0.2) is 5.78 Å². The molecule has 0 unspecified atom stereocenters. The van der Waals surface area contributed by atoms with Gasteiger partial charge in [0.05, 0.1) is 17.0 Å². The van der Waals surface area contributed by atoms with Crippen LogP contribution < -0.4 is 5.32 Å². The number of pyridine rings is 1. The van der Waals surface area contributed by atoms with Gasteiger partial charge in [-0.15, -0.1) is 11.8 Å². The molecule has 2 aromatic rings. The summed E-state index contributed by atoms with van der Waals surface area (Å²) in [4.78, 5) is 43.5. The molecule has 1 aliphatic rings. The fourth-order valence-corrected chi connectivity index (χ4v) is 5.47. The number of aliphatic hydroxyl groups excluding tert-OH is 1. The molecule has 2 heterocycles. The first-order valence-corrected chi connectivity index (χ1v) is 14.0. The predicted octanol–water partition coefficient (Wildman–Crippen LogP) is 4.18. The number of carbonyl (C=O) groups excluding carboxylic acids is 3. The molecule has 10 heteroatoms. The largest absolute Gasteiger partial charge is 0.531 e. The van der Waals surface area contributed by atoms with Crippen molar-refractivity contribution in [3.05, 3.63) is 54.2 Å². The number of Topliss-reactive ketones (excluding diaryl/α,β-unsaturated/α-hetero) is 1. The molecule has 0 bridgehead atoms. The number of hydrogen-bond acceptors (Lipinski definition) is 8. The molecule has 8 nitrogen and oxygen atoms in total. The third-order valence-corrected chi connectivity index (χ3v) is 7.49. The van der Waals surface area contributed by atoms with Crippen LogP contribution in [0.3, 0.4) is 0 Å². The van der Waals surface area contributed by atoms with E-state index in [1.807, 2.05) is 51.1 Å². The molecule has 2 N–H and O–H groups in total. The van der Waals surface area contributed by atoms with E-state index in [0.29, 0.717) is 18.7 Å². The molecule has 0 radical (unpaired) electrons. The Bertz CT molecular complexity index is 1100.